The van der Waals surface area contributed by atoms with Gasteiger partial charge in [0.25, 0.3) is 5.91 Å². The van der Waals surface area contributed by atoms with Crippen molar-refractivity contribution >= 4 is 11.8 Å². The first-order valence-electron chi connectivity index (χ1n) is 6.79. The molecule has 114 valence electrons. The Hall–Kier alpha value is -2.15. The Morgan fingerprint density at radius 2 is 2.00 bits per heavy atom. The highest BCUT2D eigenvalue weighted by Gasteiger charge is 2.22. The Bertz CT molecular complexity index is 590. The number of hydrogen-bond donors (Lipinski definition) is 1. The fraction of sp³-hybridized carbons (Fsp3) is 0.500. The Labute approximate surface area is 122 Å². The number of carbonyl (C=O) groups is 2. The number of carbonyl (C=O) groups excluding carboxylic acids is 2. The van der Waals surface area contributed by atoms with Crippen LogP contribution in [0.4, 0.5) is 0 Å². The summed E-state index contributed by atoms with van der Waals surface area (Å²) >= 11 is 0. The summed E-state index contributed by atoms with van der Waals surface area (Å²) in [6.07, 6.45) is 2.91. The van der Waals surface area contributed by atoms with Crippen molar-refractivity contribution in [3.8, 4) is 0 Å². The highest BCUT2D eigenvalue weighted by molar-refractivity contribution is 5.96. The number of amides is 2. The number of aromatic nitrogens is 1. The van der Waals surface area contributed by atoms with E-state index in [1.54, 1.807) is 11.8 Å². The molecule has 1 aliphatic heterocycles. The molecule has 0 aromatic carbocycles. The van der Waals surface area contributed by atoms with Crippen LogP contribution in [0.25, 0.3) is 0 Å². The van der Waals surface area contributed by atoms with Crippen LogP contribution in [0.1, 0.15) is 15.9 Å². The molecule has 1 aliphatic rings. The van der Waals surface area contributed by atoms with Crippen LogP contribution in [0.2, 0.25) is 0 Å². The summed E-state index contributed by atoms with van der Waals surface area (Å²) in [5, 5.41) is 0. The Morgan fingerprint density at radius 3 is 2.67 bits per heavy atom. The van der Waals surface area contributed by atoms with E-state index in [1.807, 2.05) is 0 Å². The van der Waals surface area contributed by atoms with Crippen molar-refractivity contribution in [2.75, 3.05) is 39.9 Å². The smallest absolute Gasteiger partial charge is 0.259 e. The second-order valence-corrected chi connectivity index (χ2v) is 5.04. The lowest BCUT2D eigenvalue weighted by Crippen LogP contribution is -2.46. The van der Waals surface area contributed by atoms with Gasteiger partial charge in [-0.15, -0.1) is 0 Å². The molecule has 1 N–H and O–H groups in total. The zero-order chi connectivity index (χ0) is 15.4. The number of pyridine rings is 1. The van der Waals surface area contributed by atoms with Crippen LogP contribution < -0.4 is 5.43 Å². The third-order valence-corrected chi connectivity index (χ3v) is 3.44. The molecule has 0 radical (unpaired) electrons. The van der Waals surface area contributed by atoms with E-state index in [0.29, 0.717) is 31.9 Å². The van der Waals surface area contributed by atoms with Crippen molar-refractivity contribution in [3.63, 3.8) is 0 Å². The lowest BCUT2D eigenvalue weighted by molar-refractivity contribution is -0.135. The molecule has 1 saturated heterocycles. The number of ether oxygens (including phenoxy) is 1. The van der Waals surface area contributed by atoms with Crippen LogP contribution in [-0.4, -0.2) is 66.5 Å². The largest absolute Gasteiger partial charge is 0.378 e. The van der Waals surface area contributed by atoms with E-state index in [1.165, 1.54) is 24.3 Å². The second-order valence-electron chi connectivity index (χ2n) is 5.04. The van der Waals surface area contributed by atoms with Crippen LogP contribution in [-0.2, 0) is 9.53 Å². The van der Waals surface area contributed by atoms with Gasteiger partial charge in [-0.05, 0) is 6.92 Å². The van der Waals surface area contributed by atoms with Crippen LogP contribution >= 0.6 is 0 Å². The maximum absolute atomic E-state index is 12.2. The Morgan fingerprint density at radius 1 is 1.33 bits per heavy atom. The number of morpholine rings is 1. The number of aryl methyl sites for hydroxylation is 1. The maximum atomic E-state index is 12.2. The molecule has 21 heavy (non-hydrogen) atoms. The molecule has 2 heterocycles. The topological polar surface area (TPSA) is 82.7 Å². The summed E-state index contributed by atoms with van der Waals surface area (Å²) < 4.78 is 5.18. The molecule has 7 nitrogen and oxygen atoms in total. The second kappa shape index (κ2) is 6.53. The van der Waals surface area contributed by atoms with E-state index in [9.17, 15) is 14.4 Å². The van der Waals surface area contributed by atoms with Crippen molar-refractivity contribution in [2.45, 2.75) is 6.92 Å². The summed E-state index contributed by atoms with van der Waals surface area (Å²) in [4.78, 5) is 41.9. The fourth-order valence-corrected chi connectivity index (χ4v) is 2.15. The number of nitrogens with one attached hydrogen (secondary N) is 1. The number of rotatable bonds is 3. The molecule has 7 heteroatoms. The Kier molecular flexibility index (Phi) is 4.74. The molecule has 1 aromatic heterocycles. The zero-order valence-electron chi connectivity index (χ0n) is 12.2. The first-order chi connectivity index (χ1) is 10.0. The quantitative estimate of drug-likeness (QED) is 0.823. The monoisotopic (exact) mass is 293 g/mol. The molecule has 0 saturated carbocycles. The first-order valence-corrected chi connectivity index (χ1v) is 6.79. The van der Waals surface area contributed by atoms with Gasteiger partial charge in [-0.1, -0.05) is 0 Å². The van der Waals surface area contributed by atoms with Crippen LogP contribution in [0, 0.1) is 6.92 Å². The normalized spacial score (nSPS) is 14.9. The zero-order valence-corrected chi connectivity index (χ0v) is 12.2. The van der Waals surface area contributed by atoms with E-state index in [0.717, 1.165) is 0 Å². The highest BCUT2D eigenvalue weighted by Crippen LogP contribution is 2.02. The summed E-state index contributed by atoms with van der Waals surface area (Å²) in [6.45, 7) is 3.68. The number of hydrogen-bond acceptors (Lipinski definition) is 4. The van der Waals surface area contributed by atoms with Gasteiger partial charge < -0.3 is 19.5 Å². The van der Waals surface area contributed by atoms with Crippen LogP contribution in [0.5, 0.6) is 0 Å². The molecule has 0 bridgehead atoms. The van der Waals surface area contributed by atoms with Gasteiger partial charge in [-0.3, -0.25) is 14.4 Å². The number of aromatic amines is 1. The van der Waals surface area contributed by atoms with Gasteiger partial charge in [0.1, 0.15) is 5.56 Å². The summed E-state index contributed by atoms with van der Waals surface area (Å²) in [6, 6.07) is 0. The average Bonchev–Trinajstić information content (AvgIpc) is 2.50. The van der Waals surface area contributed by atoms with Gasteiger partial charge in [0.2, 0.25) is 5.91 Å². The molecule has 0 aliphatic carbocycles. The van der Waals surface area contributed by atoms with E-state index in [-0.39, 0.29) is 23.4 Å². The number of H-pyrrole nitrogens is 1. The molecule has 2 rings (SSSR count). The lowest BCUT2D eigenvalue weighted by atomic mass is 10.2. The number of likely N-dealkylation sites (N-methyl/N-ethyl adjacent to an activating group) is 1. The minimum absolute atomic E-state index is 0.0484. The lowest BCUT2D eigenvalue weighted by Gasteiger charge is -2.28. The summed E-state index contributed by atoms with van der Waals surface area (Å²) in [5.41, 5.74) is 0.199. The van der Waals surface area contributed by atoms with Crippen LogP contribution in [0.3, 0.4) is 0 Å². The average molecular weight is 293 g/mol. The van der Waals surface area contributed by atoms with E-state index >= 15 is 0 Å². The van der Waals surface area contributed by atoms with Crippen molar-refractivity contribution in [2.24, 2.45) is 0 Å². The molecule has 2 amide bonds. The standard InChI is InChI=1S/C14H19N3O4/c1-10-7-15-8-11(13(10)19)14(20)16(2)9-12(18)17-3-5-21-6-4-17/h7-8H,3-6,9H2,1-2H3,(H,15,19). The Balaban J connectivity index is 2.04. The SMILES string of the molecule is Cc1c[nH]cc(C(=O)N(C)CC(=O)N2CCOCC2)c1=O. The molecule has 0 atom stereocenters. The van der Waals surface area contributed by atoms with Crippen molar-refractivity contribution in [1.29, 1.82) is 0 Å². The van der Waals surface area contributed by atoms with E-state index < -0.39 is 5.91 Å². The molecule has 1 aromatic rings. The van der Waals surface area contributed by atoms with Crippen molar-refractivity contribution < 1.29 is 14.3 Å². The minimum atomic E-state index is -0.457. The maximum Gasteiger partial charge on any atom is 0.259 e. The highest BCUT2D eigenvalue weighted by atomic mass is 16.5. The van der Waals surface area contributed by atoms with Gasteiger partial charge in [-0.25, -0.2) is 0 Å². The van der Waals surface area contributed by atoms with Crippen molar-refractivity contribution in [3.05, 3.63) is 33.7 Å². The summed E-state index contributed by atoms with van der Waals surface area (Å²) in [5.74, 6) is -0.597. The number of nitrogens with zero attached hydrogens (tertiary/aromatic N) is 2. The summed E-state index contributed by atoms with van der Waals surface area (Å²) in [7, 11) is 1.52. The minimum Gasteiger partial charge on any atom is -0.378 e. The molecule has 0 spiro atoms. The molecular weight excluding hydrogens is 274 g/mol. The van der Waals surface area contributed by atoms with Crippen LogP contribution in [0.15, 0.2) is 17.2 Å². The van der Waals surface area contributed by atoms with Gasteiger partial charge >= 0.3 is 0 Å². The predicted octanol–water partition coefficient (Wildman–Crippen LogP) is -0.386. The van der Waals surface area contributed by atoms with E-state index in [4.69, 9.17) is 4.74 Å². The third-order valence-electron chi connectivity index (χ3n) is 3.44. The van der Waals surface area contributed by atoms with Gasteiger partial charge in [0, 0.05) is 38.1 Å². The third kappa shape index (κ3) is 3.49. The van der Waals surface area contributed by atoms with Gasteiger partial charge in [0.05, 0.1) is 19.8 Å². The molecule has 1 fully saturated rings. The van der Waals surface area contributed by atoms with E-state index in [2.05, 4.69) is 4.98 Å². The molecule has 0 unspecified atom stereocenters. The van der Waals surface area contributed by atoms with Gasteiger partial charge in [0.15, 0.2) is 5.43 Å². The molecular formula is C14H19N3O4. The van der Waals surface area contributed by atoms with Crippen molar-refractivity contribution in [1.82, 2.24) is 14.8 Å². The first kappa shape index (κ1) is 15.2. The fourth-order valence-electron chi connectivity index (χ4n) is 2.15. The van der Waals surface area contributed by atoms with Gasteiger partial charge in [-0.2, -0.15) is 0 Å². The predicted molar refractivity (Wildman–Crippen MR) is 76.2 cm³/mol.